The first kappa shape index (κ1) is 17.9. The number of rotatable bonds is 6. The first-order valence-electron chi connectivity index (χ1n) is 9.50. The third-order valence-electron chi connectivity index (χ3n) is 5.37. The lowest BCUT2D eigenvalue weighted by Crippen LogP contribution is -2.35. The number of hydrogen-bond acceptors (Lipinski definition) is 5. The number of nitrogens with zero attached hydrogens (tertiary/aromatic N) is 6. The molecule has 7 nitrogen and oxygen atoms in total. The zero-order chi connectivity index (χ0) is 18.6. The molecule has 1 fully saturated rings. The van der Waals surface area contributed by atoms with Crippen LogP contribution >= 0.6 is 0 Å². The van der Waals surface area contributed by atoms with E-state index in [1.165, 1.54) is 5.56 Å². The molecule has 142 valence electrons. The molecule has 2 aromatic heterocycles. The summed E-state index contributed by atoms with van der Waals surface area (Å²) in [7, 11) is 1.94. The predicted molar refractivity (Wildman–Crippen MR) is 102 cm³/mol. The van der Waals surface area contributed by atoms with E-state index in [1.807, 2.05) is 23.9 Å². The molecule has 4 rings (SSSR count). The van der Waals surface area contributed by atoms with Gasteiger partial charge in [0.25, 0.3) is 0 Å². The van der Waals surface area contributed by atoms with Crippen LogP contribution in [0.15, 0.2) is 42.7 Å². The average Bonchev–Trinajstić information content (AvgIpc) is 3.29. The number of aromatic nitrogens is 5. The minimum atomic E-state index is -0.0726. The van der Waals surface area contributed by atoms with Crippen LogP contribution in [0.25, 0.3) is 0 Å². The number of benzene rings is 1. The Labute approximate surface area is 159 Å². The number of piperidine rings is 1. The van der Waals surface area contributed by atoms with E-state index in [4.69, 9.17) is 0 Å². The number of hydrogen-bond donors (Lipinski definition) is 1. The van der Waals surface area contributed by atoms with Gasteiger partial charge < -0.3 is 14.2 Å². The highest BCUT2D eigenvalue weighted by atomic mass is 16.3. The zero-order valence-corrected chi connectivity index (χ0v) is 15.7. The molecule has 1 unspecified atom stereocenters. The summed E-state index contributed by atoms with van der Waals surface area (Å²) in [5.41, 5.74) is 1.28. The quantitative estimate of drug-likeness (QED) is 0.722. The second-order valence-corrected chi connectivity index (χ2v) is 7.22. The fraction of sp³-hybridized carbons (Fsp3) is 0.450. The smallest absolute Gasteiger partial charge is 0.158 e. The van der Waals surface area contributed by atoms with Crippen LogP contribution in [0.1, 0.15) is 41.8 Å². The van der Waals surface area contributed by atoms with E-state index in [0.717, 1.165) is 50.7 Å². The van der Waals surface area contributed by atoms with E-state index in [9.17, 15) is 5.11 Å². The predicted octanol–water partition coefficient (Wildman–Crippen LogP) is 1.93. The van der Waals surface area contributed by atoms with Crippen LogP contribution in [0.3, 0.4) is 0 Å². The number of imidazole rings is 1. The number of aliphatic hydroxyl groups is 1. The van der Waals surface area contributed by atoms with Crippen molar-refractivity contribution in [2.45, 2.75) is 38.5 Å². The highest BCUT2D eigenvalue weighted by Gasteiger charge is 2.26. The molecule has 1 aromatic carbocycles. The SMILES string of the molecule is Cn1c(CO)nnc1C1CCCN(Cc2nccn2Cc2ccccc2)C1. The van der Waals surface area contributed by atoms with Crippen molar-refractivity contribution in [3.05, 3.63) is 65.8 Å². The van der Waals surface area contributed by atoms with E-state index in [0.29, 0.717) is 11.7 Å². The standard InChI is InChI=1S/C20H26N6O/c1-24-19(15-27)22-23-20(24)17-8-5-10-25(13-17)14-18-21-9-11-26(18)12-16-6-3-2-4-7-16/h2-4,6-7,9,11,17,27H,5,8,10,12-15H2,1H3. The molecule has 3 aromatic rings. The molecule has 0 aliphatic carbocycles. The van der Waals surface area contributed by atoms with Crippen LogP contribution in [0.4, 0.5) is 0 Å². The molecule has 27 heavy (non-hydrogen) atoms. The van der Waals surface area contributed by atoms with Crippen molar-refractivity contribution in [3.8, 4) is 0 Å². The summed E-state index contributed by atoms with van der Waals surface area (Å²) < 4.78 is 4.16. The highest BCUT2D eigenvalue weighted by Crippen LogP contribution is 2.26. The zero-order valence-electron chi connectivity index (χ0n) is 15.7. The largest absolute Gasteiger partial charge is 0.388 e. The fourth-order valence-corrected chi connectivity index (χ4v) is 3.89. The first-order valence-corrected chi connectivity index (χ1v) is 9.50. The van der Waals surface area contributed by atoms with Crippen molar-refractivity contribution >= 4 is 0 Å². The fourth-order valence-electron chi connectivity index (χ4n) is 3.89. The minimum absolute atomic E-state index is 0.0726. The molecule has 0 saturated carbocycles. The molecule has 0 radical (unpaired) electrons. The van der Waals surface area contributed by atoms with Gasteiger partial charge in [0.1, 0.15) is 18.3 Å². The van der Waals surface area contributed by atoms with Crippen LogP contribution in [0.5, 0.6) is 0 Å². The lowest BCUT2D eigenvalue weighted by Gasteiger charge is -2.32. The topological polar surface area (TPSA) is 72.0 Å². The molecule has 0 spiro atoms. The maximum absolute atomic E-state index is 9.36. The molecule has 0 bridgehead atoms. The van der Waals surface area contributed by atoms with E-state index < -0.39 is 0 Å². The lowest BCUT2D eigenvalue weighted by atomic mass is 9.97. The van der Waals surface area contributed by atoms with Gasteiger partial charge in [-0.15, -0.1) is 10.2 Å². The average molecular weight is 366 g/mol. The summed E-state index contributed by atoms with van der Waals surface area (Å²) in [6.07, 6.45) is 6.17. The molecule has 0 amide bonds. The van der Waals surface area contributed by atoms with Crippen molar-refractivity contribution < 1.29 is 5.11 Å². The van der Waals surface area contributed by atoms with E-state index in [-0.39, 0.29) is 6.61 Å². The Hall–Kier alpha value is -2.51. The molecule has 3 heterocycles. The van der Waals surface area contributed by atoms with Gasteiger partial charge in [-0.05, 0) is 24.9 Å². The highest BCUT2D eigenvalue weighted by molar-refractivity contribution is 5.16. The Balaban J connectivity index is 1.44. The minimum Gasteiger partial charge on any atom is -0.388 e. The number of aliphatic hydroxyl groups excluding tert-OH is 1. The first-order chi connectivity index (χ1) is 13.2. The van der Waals surface area contributed by atoms with Gasteiger partial charge in [-0.25, -0.2) is 4.98 Å². The van der Waals surface area contributed by atoms with Crippen LogP contribution < -0.4 is 0 Å². The van der Waals surface area contributed by atoms with Gasteiger partial charge in [0.15, 0.2) is 5.82 Å². The van der Waals surface area contributed by atoms with Gasteiger partial charge in [0.2, 0.25) is 0 Å². The van der Waals surface area contributed by atoms with Crippen molar-refractivity contribution in [2.24, 2.45) is 7.05 Å². The molecule has 1 N–H and O–H groups in total. The second kappa shape index (κ2) is 8.02. The molecule has 7 heteroatoms. The summed E-state index contributed by atoms with van der Waals surface area (Å²) >= 11 is 0. The summed E-state index contributed by atoms with van der Waals surface area (Å²) in [4.78, 5) is 7.04. The summed E-state index contributed by atoms with van der Waals surface area (Å²) in [6, 6.07) is 10.5. The summed E-state index contributed by atoms with van der Waals surface area (Å²) in [5, 5.41) is 17.8. The van der Waals surface area contributed by atoms with Crippen LogP contribution in [0.2, 0.25) is 0 Å². The lowest BCUT2D eigenvalue weighted by molar-refractivity contribution is 0.188. The summed E-state index contributed by atoms with van der Waals surface area (Å²) in [6.45, 7) is 3.61. The molecular formula is C20H26N6O. The Morgan fingerprint density at radius 3 is 2.74 bits per heavy atom. The number of likely N-dealkylation sites (tertiary alicyclic amines) is 1. The van der Waals surface area contributed by atoms with Crippen molar-refractivity contribution in [1.29, 1.82) is 0 Å². The van der Waals surface area contributed by atoms with Crippen molar-refractivity contribution in [3.63, 3.8) is 0 Å². The Kier molecular flexibility index (Phi) is 5.31. The molecule has 1 saturated heterocycles. The van der Waals surface area contributed by atoms with E-state index in [2.05, 4.69) is 55.1 Å². The van der Waals surface area contributed by atoms with E-state index in [1.54, 1.807) is 0 Å². The third kappa shape index (κ3) is 3.94. The molecule has 1 aliphatic heterocycles. The van der Waals surface area contributed by atoms with Gasteiger partial charge in [-0.2, -0.15) is 0 Å². The van der Waals surface area contributed by atoms with Gasteiger partial charge in [0.05, 0.1) is 6.54 Å². The van der Waals surface area contributed by atoms with Crippen molar-refractivity contribution in [1.82, 2.24) is 29.2 Å². The van der Waals surface area contributed by atoms with Gasteiger partial charge in [-0.3, -0.25) is 4.90 Å². The van der Waals surface area contributed by atoms with Crippen molar-refractivity contribution in [2.75, 3.05) is 13.1 Å². The molecular weight excluding hydrogens is 340 g/mol. The van der Waals surface area contributed by atoms with Gasteiger partial charge in [0, 0.05) is 38.4 Å². The maximum Gasteiger partial charge on any atom is 0.158 e. The molecule has 1 aliphatic rings. The molecule has 1 atom stereocenters. The van der Waals surface area contributed by atoms with E-state index >= 15 is 0 Å². The van der Waals surface area contributed by atoms with Crippen LogP contribution in [-0.4, -0.2) is 47.4 Å². The Morgan fingerprint density at radius 2 is 1.96 bits per heavy atom. The van der Waals surface area contributed by atoms with Gasteiger partial charge >= 0.3 is 0 Å². The normalized spacial score (nSPS) is 18.1. The van der Waals surface area contributed by atoms with Crippen LogP contribution in [0, 0.1) is 0 Å². The second-order valence-electron chi connectivity index (χ2n) is 7.22. The van der Waals surface area contributed by atoms with Gasteiger partial charge in [-0.1, -0.05) is 30.3 Å². The monoisotopic (exact) mass is 366 g/mol. The summed E-state index contributed by atoms with van der Waals surface area (Å²) in [5.74, 6) is 3.03. The van der Waals surface area contributed by atoms with Crippen LogP contribution in [-0.2, 0) is 26.7 Å². The Bertz CT molecular complexity index is 872. The third-order valence-corrected chi connectivity index (χ3v) is 5.37. The maximum atomic E-state index is 9.36. The Morgan fingerprint density at radius 1 is 1.11 bits per heavy atom.